The van der Waals surface area contributed by atoms with Gasteiger partial charge in [-0.1, -0.05) is 6.07 Å². The Hall–Kier alpha value is -0.930. The summed E-state index contributed by atoms with van der Waals surface area (Å²) in [6.07, 6.45) is 4.40. The molecule has 0 saturated carbocycles. The molecule has 0 bridgehead atoms. The van der Waals surface area contributed by atoms with Gasteiger partial charge < -0.3 is 5.32 Å². The standard InChI is InChI=1S/C12H19N3/c1-15(2)12(11-7-5-9-14-11)10-6-3-4-8-13-10/h3-4,6,8,11-12,14H,5,7,9H2,1-2H3. The first kappa shape index (κ1) is 10.6. The van der Waals surface area contributed by atoms with Gasteiger partial charge in [0.15, 0.2) is 0 Å². The number of likely N-dealkylation sites (N-methyl/N-ethyl adjacent to an activating group) is 1. The van der Waals surface area contributed by atoms with Crippen LogP contribution in [-0.4, -0.2) is 36.6 Å². The average Bonchev–Trinajstić information content (AvgIpc) is 2.72. The lowest BCUT2D eigenvalue weighted by Crippen LogP contribution is -2.37. The number of aromatic nitrogens is 1. The van der Waals surface area contributed by atoms with Gasteiger partial charge in [-0.25, -0.2) is 0 Å². The summed E-state index contributed by atoms with van der Waals surface area (Å²) in [4.78, 5) is 6.72. The highest BCUT2D eigenvalue weighted by molar-refractivity contribution is 5.12. The van der Waals surface area contributed by atoms with Gasteiger partial charge in [-0.15, -0.1) is 0 Å². The van der Waals surface area contributed by atoms with E-state index in [0.717, 1.165) is 6.54 Å². The van der Waals surface area contributed by atoms with E-state index in [1.165, 1.54) is 18.5 Å². The van der Waals surface area contributed by atoms with Crippen LogP contribution in [0.15, 0.2) is 24.4 Å². The molecule has 1 fully saturated rings. The summed E-state index contributed by atoms with van der Waals surface area (Å²) >= 11 is 0. The molecule has 1 aliphatic rings. The van der Waals surface area contributed by atoms with E-state index in [9.17, 15) is 0 Å². The zero-order valence-electron chi connectivity index (χ0n) is 9.48. The smallest absolute Gasteiger partial charge is 0.0670 e. The van der Waals surface area contributed by atoms with E-state index in [1.54, 1.807) is 0 Å². The van der Waals surface area contributed by atoms with E-state index in [0.29, 0.717) is 12.1 Å². The minimum Gasteiger partial charge on any atom is -0.312 e. The van der Waals surface area contributed by atoms with E-state index >= 15 is 0 Å². The fourth-order valence-electron chi connectivity index (χ4n) is 2.36. The summed E-state index contributed by atoms with van der Waals surface area (Å²) in [5, 5.41) is 3.55. The lowest BCUT2D eigenvalue weighted by molar-refractivity contribution is 0.239. The molecule has 0 spiro atoms. The molecule has 0 radical (unpaired) electrons. The summed E-state index contributed by atoms with van der Waals surface area (Å²) in [6.45, 7) is 1.14. The van der Waals surface area contributed by atoms with Gasteiger partial charge in [-0.2, -0.15) is 0 Å². The number of nitrogens with one attached hydrogen (secondary N) is 1. The first-order valence-electron chi connectivity index (χ1n) is 5.60. The van der Waals surface area contributed by atoms with Gasteiger partial charge in [-0.3, -0.25) is 9.88 Å². The highest BCUT2D eigenvalue weighted by Gasteiger charge is 2.28. The number of rotatable bonds is 3. The number of pyridine rings is 1. The Morgan fingerprint density at radius 3 is 2.87 bits per heavy atom. The molecular formula is C12H19N3. The lowest BCUT2D eigenvalue weighted by Gasteiger charge is -2.29. The van der Waals surface area contributed by atoms with Crippen LogP contribution in [0.1, 0.15) is 24.6 Å². The summed E-state index contributed by atoms with van der Waals surface area (Å²) in [5.41, 5.74) is 1.17. The number of hydrogen-bond acceptors (Lipinski definition) is 3. The largest absolute Gasteiger partial charge is 0.312 e. The summed E-state index contributed by atoms with van der Waals surface area (Å²) in [7, 11) is 4.25. The molecule has 1 N–H and O–H groups in total. The quantitative estimate of drug-likeness (QED) is 0.809. The predicted octanol–water partition coefficient (Wildman–Crippen LogP) is 1.44. The van der Waals surface area contributed by atoms with Crippen molar-refractivity contribution in [2.45, 2.75) is 24.9 Å². The second-order valence-electron chi connectivity index (χ2n) is 4.37. The molecule has 2 unspecified atom stereocenters. The lowest BCUT2D eigenvalue weighted by atomic mass is 10.0. The van der Waals surface area contributed by atoms with Crippen molar-refractivity contribution in [3.63, 3.8) is 0 Å². The fourth-order valence-corrected chi connectivity index (χ4v) is 2.36. The van der Waals surface area contributed by atoms with Crippen LogP contribution in [0.3, 0.4) is 0 Å². The van der Waals surface area contributed by atoms with Crippen molar-refractivity contribution < 1.29 is 0 Å². The maximum atomic E-state index is 4.46. The monoisotopic (exact) mass is 205 g/mol. The third-order valence-electron chi connectivity index (χ3n) is 3.03. The number of nitrogens with zero attached hydrogens (tertiary/aromatic N) is 2. The van der Waals surface area contributed by atoms with Gasteiger partial charge in [0.1, 0.15) is 0 Å². The molecule has 2 atom stereocenters. The van der Waals surface area contributed by atoms with Crippen LogP contribution in [0.4, 0.5) is 0 Å². The van der Waals surface area contributed by atoms with Crippen molar-refractivity contribution in [3.8, 4) is 0 Å². The molecule has 1 aromatic heterocycles. The summed E-state index contributed by atoms with van der Waals surface area (Å²) < 4.78 is 0. The first-order valence-corrected chi connectivity index (χ1v) is 5.60. The third kappa shape index (κ3) is 2.36. The van der Waals surface area contributed by atoms with Crippen molar-refractivity contribution in [3.05, 3.63) is 30.1 Å². The molecule has 15 heavy (non-hydrogen) atoms. The van der Waals surface area contributed by atoms with Crippen LogP contribution >= 0.6 is 0 Å². The zero-order valence-corrected chi connectivity index (χ0v) is 9.48. The van der Waals surface area contributed by atoms with E-state index < -0.39 is 0 Å². The van der Waals surface area contributed by atoms with Gasteiger partial charge in [-0.05, 0) is 45.6 Å². The summed E-state index contributed by atoms with van der Waals surface area (Å²) in [5.74, 6) is 0. The van der Waals surface area contributed by atoms with Crippen molar-refractivity contribution in [2.75, 3.05) is 20.6 Å². The second kappa shape index (κ2) is 4.73. The Kier molecular flexibility index (Phi) is 3.34. The molecule has 1 aliphatic heterocycles. The molecule has 82 valence electrons. The Labute approximate surface area is 91.5 Å². The van der Waals surface area contributed by atoms with Crippen LogP contribution in [-0.2, 0) is 0 Å². The van der Waals surface area contributed by atoms with E-state index in [-0.39, 0.29) is 0 Å². The molecule has 3 nitrogen and oxygen atoms in total. The second-order valence-corrected chi connectivity index (χ2v) is 4.37. The average molecular weight is 205 g/mol. The van der Waals surface area contributed by atoms with Crippen molar-refractivity contribution in [2.24, 2.45) is 0 Å². The first-order chi connectivity index (χ1) is 7.29. The molecule has 1 saturated heterocycles. The van der Waals surface area contributed by atoms with Crippen LogP contribution in [0.25, 0.3) is 0 Å². The van der Waals surface area contributed by atoms with Crippen molar-refractivity contribution in [1.82, 2.24) is 15.2 Å². The van der Waals surface area contributed by atoms with Crippen molar-refractivity contribution in [1.29, 1.82) is 0 Å². The molecule has 3 heteroatoms. The minimum atomic E-state index is 0.397. The Morgan fingerprint density at radius 1 is 1.47 bits per heavy atom. The van der Waals surface area contributed by atoms with Crippen LogP contribution < -0.4 is 5.32 Å². The van der Waals surface area contributed by atoms with Crippen LogP contribution in [0, 0.1) is 0 Å². The fraction of sp³-hybridized carbons (Fsp3) is 0.583. The Bertz CT molecular complexity index is 291. The molecule has 0 aliphatic carbocycles. The van der Waals surface area contributed by atoms with Gasteiger partial charge in [0.2, 0.25) is 0 Å². The van der Waals surface area contributed by atoms with Crippen molar-refractivity contribution >= 4 is 0 Å². The zero-order chi connectivity index (χ0) is 10.7. The van der Waals surface area contributed by atoms with Crippen LogP contribution in [0.2, 0.25) is 0 Å². The summed E-state index contributed by atoms with van der Waals surface area (Å²) in [6, 6.07) is 7.10. The highest BCUT2D eigenvalue weighted by Crippen LogP contribution is 2.25. The minimum absolute atomic E-state index is 0.397. The maximum Gasteiger partial charge on any atom is 0.0670 e. The van der Waals surface area contributed by atoms with Gasteiger partial charge in [0.05, 0.1) is 11.7 Å². The maximum absolute atomic E-state index is 4.46. The number of hydrogen-bond donors (Lipinski definition) is 1. The SMILES string of the molecule is CN(C)C(c1ccccn1)C1CCCN1. The molecule has 1 aromatic rings. The van der Waals surface area contributed by atoms with E-state index in [4.69, 9.17) is 0 Å². The Morgan fingerprint density at radius 2 is 2.33 bits per heavy atom. The molecule has 2 rings (SSSR count). The molecule has 0 amide bonds. The normalized spacial score (nSPS) is 23.3. The van der Waals surface area contributed by atoms with Crippen LogP contribution in [0.5, 0.6) is 0 Å². The van der Waals surface area contributed by atoms with Gasteiger partial charge in [0, 0.05) is 12.2 Å². The third-order valence-corrected chi connectivity index (χ3v) is 3.03. The topological polar surface area (TPSA) is 28.2 Å². The van der Waals surface area contributed by atoms with Gasteiger partial charge >= 0.3 is 0 Å². The molecule has 2 heterocycles. The molecular weight excluding hydrogens is 186 g/mol. The predicted molar refractivity (Wildman–Crippen MR) is 61.7 cm³/mol. The van der Waals surface area contributed by atoms with Gasteiger partial charge in [0.25, 0.3) is 0 Å². The molecule has 0 aromatic carbocycles. The highest BCUT2D eigenvalue weighted by atomic mass is 15.2. The Balaban J connectivity index is 2.19. The van der Waals surface area contributed by atoms with E-state index in [2.05, 4.69) is 41.4 Å². The van der Waals surface area contributed by atoms with E-state index in [1.807, 2.05) is 12.3 Å².